The normalized spacial score (nSPS) is 20.8. The zero-order chi connectivity index (χ0) is 26.6. The van der Waals surface area contributed by atoms with Crippen LogP contribution in [-0.2, 0) is 16.0 Å². The number of aromatic nitrogens is 2. The van der Waals surface area contributed by atoms with E-state index in [2.05, 4.69) is 59.4 Å². The average molecular weight is 519 g/mol. The highest BCUT2D eigenvalue weighted by Gasteiger charge is 2.35. The first kappa shape index (κ1) is 26.5. The Bertz CT molecular complexity index is 1130. The fourth-order valence-corrected chi connectivity index (χ4v) is 6.25. The van der Waals surface area contributed by atoms with E-state index in [4.69, 9.17) is 15.5 Å². The zero-order valence-corrected chi connectivity index (χ0v) is 23.0. The number of piperazine rings is 1. The van der Waals surface area contributed by atoms with Gasteiger partial charge in [-0.15, -0.1) is 0 Å². The van der Waals surface area contributed by atoms with E-state index in [1.165, 1.54) is 31.2 Å². The lowest BCUT2D eigenvalue weighted by molar-refractivity contribution is -0.133. The van der Waals surface area contributed by atoms with Crippen LogP contribution in [0.25, 0.3) is 0 Å². The summed E-state index contributed by atoms with van der Waals surface area (Å²) in [7, 11) is 1.78. The number of nitrogens with one attached hydrogen (secondary N) is 1. The molecule has 1 amide bonds. The third-order valence-corrected chi connectivity index (χ3v) is 8.25. The maximum Gasteiger partial charge on any atom is 0.239 e. The number of carbonyl (C=O) groups is 1. The van der Waals surface area contributed by atoms with Gasteiger partial charge in [0.05, 0.1) is 24.8 Å². The van der Waals surface area contributed by atoms with Gasteiger partial charge in [-0.3, -0.25) is 4.79 Å². The topological polar surface area (TPSA) is 96.6 Å². The van der Waals surface area contributed by atoms with Gasteiger partial charge in [0.1, 0.15) is 5.76 Å². The number of anilines is 3. The van der Waals surface area contributed by atoms with E-state index in [1.807, 2.05) is 11.1 Å². The quantitative estimate of drug-likeness (QED) is 0.527. The van der Waals surface area contributed by atoms with Gasteiger partial charge in [0.15, 0.2) is 0 Å². The molecule has 2 fully saturated rings. The lowest BCUT2D eigenvalue weighted by atomic mass is 9.81. The highest BCUT2D eigenvalue weighted by atomic mass is 16.5. The molecule has 2 aliphatic carbocycles. The smallest absolute Gasteiger partial charge is 0.239 e. The zero-order valence-electron chi connectivity index (χ0n) is 23.0. The predicted molar refractivity (Wildman–Crippen MR) is 151 cm³/mol. The Morgan fingerprint density at radius 3 is 2.50 bits per heavy atom. The van der Waals surface area contributed by atoms with Crippen LogP contribution < -0.4 is 16.0 Å². The van der Waals surface area contributed by atoms with Gasteiger partial charge >= 0.3 is 0 Å². The van der Waals surface area contributed by atoms with Crippen LogP contribution in [0, 0.1) is 11.8 Å². The summed E-state index contributed by atoms with van der Waals surface area (Å²) < 4.78 is 5.80. The molecule has 5 rings (SSSR count). The molecule has 0 bridgehead atoms. The van der Waals surface area contributed by atoms with Gasteiger partial charge in [0.25, 0.3) is 0 Å². The molecule has 3 aliphatic rings. The molecule has 8 heteroatoms. The van der Waals surface area contributed by atoms with Gasteiger partial charge in [-0.2, -0.15) is 0 Å². The summed E-state index contributed by atoms with van der Waals surface area (Å²) in [4.78, 5) is 26.5. The number of nitrogens with two attached hydrogens (primary N) is 1. The molecule has 2 heterocycles. The average Bonchev–Trinajstić information content (AvgIpc) is 3.47. The number of fused-ring (bicyclic) bond motifs is 1. The highest BCUT2D eigenvalue weighted by molar-refractivity contribution is 5.82. The molecule has 2 unspecified atom stereocenters. The van der Waals surface area contributed by atoms with Crippen molar-refractivity contribution < 1.29 is 9.53 Å². The van der Waals surface area contributed by atoms with Gasteiger partial charge in [0, 0.05) is 43.8 Å². The van der Waals surface area contributed by atoms with Gasteiger partial charge in [0.2, 0.25) is 11.9 Å². The van der Waals surface area contributed by atoms with Crippen molar-refractivity contribution in [2.24, 2.45) is 17.6 Å². The molecular formula is C30H42N6O2. The number of amides is 1. The minimum atomic E-state index is -0.400. The Hall–Kier alpha value is -3.13. The summed E-state index contributed by atoms with van der Waals surface area (Å²) >= 11 is 0. The van der Waals surface area contributed by atoms with Crippen molar-refractivity contribution in [3.05, 3.63) is 53.6 Å². The number of nitrogens with zero attached hydrogens (tertiary/aromatic N) is 4. The van der Waals surface area contributed by atoms with Gasteiger partial charge in [-0.1, -0.05) is 26.7 Å². The van der Waals surface area contributed by atoms with Crippen LogP contribution in [-0.4, -0.2) is 60.1 Å². The minimum Gasteiger partial charge on any atom is -0.501 e. The molecule has 1 aliphatic heterocycles. The molecule has 204 valence electrons. The lowest BCUT2D eigenvalue weighted by Crippen LogP contribution is -2.53. The Morgan fingerprint density at radius 2 is 1.84 bits per heavy atom. The second-order valence-corrected chi connectivity index (χ2v) is 11.4. The Kier molecular flexibility index (Phi) is 8.17. The molecule has 0 radical (unpaired) electrons. The van der Waals surface area contributed by atoms with Crippen LogP contribution in [0.15, 0.2) is 42.3 Å². The number of allylic oxidation sites excluding steroid dienone is 2. The predicted octanol–water partition coefficient (Wildman–Crippen LogP) is 4.60. The van der Waals surface area contributed by atoms with Crippen molar-refractivity contribution in [3.8, 4) is 0 Å². The molecule has 38 heavy (non-hydrogen) atoms. The van der Waals surface area contributed by atoms with Crippen molar-refractivity contribution in [2.75, 3.05) is 43.5 Å². The fourth-order valence-electron chi connectivity index (χ4n) is 6.25. The molecule has 1 aromatic carbocycles. The minimum absolute atomic E-state index is 0.0752. The second kappa shape index (κ2) is 11.7. The van der Waals surface area contributed by atoms with E-state index in [-0.39, 0.29) is 11.8 Å². The third kappa shape index (κ3) is 5.80. The van der Waals surface area contributed by atoms with Gasteiger partial charge in [-0.05, 0) is 73.4 Å². The Labute approximate surface area is 226 Å². The van der Waals surface area contributed by atoms with Gasteiger partial charge in [-0.25, -0.2) is 9.97 Å². The van der Waals surface area contributed by atoms with E-state index in [1.54, 1.807) is 7.11 Å². The maximum atomic E-state index is 12.7. The van der Waals surface area contributed by atoms with Crippen LogP contribution in [0.4, 0.5) is 17.3 Å². The van der Waals surface area contributed by atoms with Crippen molar-refractivity contribution in [1.29, 1.82) is 0 Å². The maximum absolute atomic E-state index is 12.7. The second-order valence-electron chi connectivity index (χ2n) is 11.4. The first-order chi connectivity index (χ1) is 18.4. The molecular weight excluding hydrogens is 476 g/mol. The molecule has 3 N–H and O–H groups in total. The molecule has 1 aromatic heterocycles. The van der Waals surface area contributed by atoms with Crippen molar-refractivity contribution in [1.82, 2.24) is 14.9 Å². The number of hydrogen-bond donors (Lipinski definition) is 2. The van der Waals surface area contributed by atoms with Crippen LogP contribution in [0.1, 0.15) is 63.1 Å². The SMILES string of the molecule is COC1=CCc2cnc(Nc3ccc(N4CCN(C(=O)C(N)CC(C)C)CC4)cc3)nc2C1C1CCCC1. The summed E-state index contributed by atoms with van der Waals surface area (Å²) in [5, 5.41) is 3.41. The number of ether oxygens (including phenoxy) is 1. The standard InChI is InChI=1S/C30H42N6O2/c1-20(2)18-25(31)29(37)36-16-14-35(15-17-36)24-11-9-23(10-12-24)33-30-32-19-22-8-13-26(38-3)27(28(22)34-30)21-6-4-5-7-21/h9-13,19-21,25,27H,4-8,14-18,31H2,1-3H3,(H,32,33,34). The van der Waals surface area contributed by atoms with Crippen molar-refractivity contribution in [2.45, 2.75) is 64.3 Å². The summed E-state index contributed by atoms with van der Waals surface area (Å²) in [6.45, 7) is 7.21. The molecule has 0 spiro atoms. The number of methoxy groups -OCH3 is 1. The highest BCUT2D eigenvalue weighted by Crippen LogP contribution is 2.44. The third-order valence-electron chi connectivity index (χ3n) is 8.25. The number of benzene rings is 1. The molecule has 8 nitrogen and oxygen atoms in total. The molecule has 1 saturated heterocycles. The Balaban J connectivity index is 1.21. The van der Waals surface area contributed by atoms with Crippen LogP contribution in [0.5, 0.6) is 0 Å². The van der Waals surface area contributed by atoms with Crippen molar-refractivity contribution in [3.63, 3.8) is 0 Å². The summed E-state index contributed by atoms with van der Waals surface area (Å²) in [5.41, 5.74) is 10.6. The van der Waals surface area contributed by atoms with E-state index in [0.717, 1.165) is 48.8 Å². The number of rotatable bonds is 8. The van der Waals surface area contributed by atoms with E-state index in [0.29, 0.717) is 30.9 Å². The van der Waals surface area contributed by atoms with Crippen LogP contribution >= 0.6 is 0 Å². The van der Waals surface area contributed by atoms with E-state index in [9.17, 15) is 4.79 Å². The first-order valence-electron chi connectivity index (χ1n) is 14.2. The van der Waals surface area contributed by atoms with E-state index < -0.39 is 6.04 Å². The summed E-state index contributed by atoms with van der Waals surface area (Å²) in [5.74, 6) is 2.99. The fraction of sp³-hybridized carbons (Fsp3) is 0.567. The first-order valence-corrected chi connectivity index (χ1v) is 14.2. The number of carbonyl (C=O) groups excluding carboxylic acids is 1. The number of hydrogen-bond acceptors (Lipinski definition) is 7. The van der Waals surface area contributed by atoms with Crippen molar-refractivity contribution >= 4 is 23.2 Å². The summed E-state index contributed by atoms with van der Waals surface area (Å²) in [6, 6.07) is 7.99. The lowest BCUT2D eigenvalue weighted by Gasteiger charge is -2.37. The van der Waals surface area contributed by atoms with Gasteiger partial charge < -0.3 is 25.6 Å². The molecule has 2 aromatic rings. The van der Waals surface area contributed by atoms with E-state index >= 15 is 0 Å². The summed E-state index contributed by atoms with van der Waals surface area (Å²) in [6.07, 6.45) is 10.7. The largest absolute Gasteiger partial charge is 0.501 e. The van der Waals surface area contributed by atoms with Crippen LogP contribution in [0.2, 0.25) is 0 Å². The Morgan fingerprint density at radius 1 is 1.13 bits per heavy atom. The molecule has 2 atom stereocenters. The monoisotopic (exact) mass is 518 g/mol. The molecule has 1 saturated carbocycles. The van der Waals surface area contributed by atoms with Crippen LogP contribution in [0.3, 0.4) is 0 Å².